The number of hydrogen-bond acceptors (Lipinski definition) is 3. The third kappa shape index (κ3) is 0.962. The molecule has 0 spiro atoms. The Bertz CT molecular complexity index is 186. The minimum atomic E-state index is -2.81. The molecule has 1 unspecified atom stereocenters. The van der Waals surface area contributed by atoms with Gasteiger partial charge in [-0.3, -0.25) is 0 Å². The highest BCUT2D eigenvalue weighted by Crippen LogP contribution is 2.48. The molecule has 0 aromatic carbocycles. The minimum absolute atomic E-state index is 1.19. The quantitative estimate of drug-likeness (QED) is 0.544. The van der Waals surface area contributed by atoms with Crippen LogP contribution in [0.2, 0.25) is 0 Å². The monoisotopic (exact) mass is 147 g/mol. The predicted octanol–water partition coefficient (Wildman–Crippen LogP) is 1.46. The fourth-order valence-electron chi connectivity index (χ4n) is 0.411. The molecule has 0 radical (unpaired) electrons. The average molecular weight is 147 g/mol. The average Bonchev–Trinajstić information content (AvgIpc) is 2.16. The van der Waals surface area contributed by atoms with Crippen molar-refractivity contribution < 1.29 is 14.5 Å². The second-order valence-electron chi connectivity index (χ2n) is 1.44. The molecule has 9 heavy (non-hydrogen) atoms. The van der Waals surface area contributed by atoms with Gasteiger partial charge in [-0.1, -0.05) is 0 Å². The van der Waals surface area contributed by atoms with Gasteiger partial charge in [0.05, 0.1) is 10.5 Å². The lowest BCUT2D eigenvalue weighted by atomic mass is 10.7. The molecule has 0 amide bonds. The molecule has 1 atom stereocenters. The Morgan fingerprint density at radius 1 is 1.67 bits per heavy atom. The summed E-state index contributed by atoms with van der Waals surface area (Å²) in [6.45, 7) is 0. The second-order valence-corrected chi connectivity index (χ2v) is 3.46. The second kappa shape index (κ2) is 1.85. The van der Waals surface area contributed by atoms with Crippen LogP contribution in [0.5, 0.6) is 0 Å². The largest absolute Gasteiger partial charge is 0.471 e. The van der Waals surface area contributed by atoms with Crippen LogP contribution in [0.15, 0.2) is 15.9 Å². The van der Waals surface area contributed by atoms with Gasteiger partial charge in [0.25, 0.3) is 0 Å². The molecule has 1 rings (SSSR count). The van der Waals surface area contributed by atoms with E-state index < -0.39 is 15.8 Å². The first kappa shape index (κ1) is 6.31. The Kier molecular flexibility index (Phi) is 1.30. The van der Waals surface area contributed by atoms with Crippen molar-refractivity contribution >= 4 is 22.0 Å². The highest BCUT2D eigenvalue weighted by molar-refractivity contribution is 8.42. The van der Waals surface area contributed by atoms with Crippen LogP contribution >= 0.6 is 10.5 Å². The maximum Gasteiger partial charge on any atom is 0.393 e. The number of nitrogens with zero attached hydrogens (tertiary/aromatic N) is 1. The van der Waals surface area contributed by atoms with Crippen LogP contribution in [0.4, 0.5) is 4.79 Å². The van der Waals surface area contributed by atoms with Crippen molar-refractivity contribution in [3.63, 3.8) is 0 Å². The third-order valence-electron chi connectivity index (χ3n) is 0.833. The Morgan fingerprint density at radius 2 is 2.33 bits per heavy atom. The molecule has 5 heteroatoms. The molecule has 2 N–H and O–H groups in total. The van der Waals surface area contributed by atoms with E-state index in [2.05, 4.69) is 4.40 Å². The smallest absolute Gasteiger partial charge is 0.393 e. The van der Waals surface area contributed by atoms with Gasteiger partial charge in [0, 0.05) is 11.6 Å². The number of carboxylic acid groups (broad SMARTS) is 1. The normalized spacial score (nSPS) is 38.3. The summed E-state index contributed by atoms with van der Waals surface area (Å²) in [6.07, 6.45) is 2.70. The summed E-state index contributed by atoms with van der Waals surface area (Å²) in [5.74, 6) is 0. The SMILES string of the molecule is O=C(O)S1(O)C=CC=N1. The molecule has 0 fully saturated rings. The van der Waals surface area contributed by atoms with Gasteiger partial charge < -0.3 is 9.66 Å². The van der Waals surface area contributed by atoms with E-state index in [4.69, 9.17) is 9.66 Å². The van der Waals surface area contributed by atoms with Gasteiger partial charge in [0.2, 0.25) is 0 Å². The van der Waals surface area contributed by atoms with Gasteiger partial charge in [-0.25, -0.2) is 9.19 Å². The topological polar surface area (TPSA) is 69.9 Å². The highest BCUT2D eigenvalue weighted by Gasteiger charge is 2.26. The van der Waals surface area contributed by atoms with E-state index in [1.165, 1.54) is 17.7 Å². The summed E-state index contributed by atoms with van der Waals surface area (Å²) >= 11 is 0. The van der Waals surface area contributed by atoms with Crippen molar-refractivity contribution in [2.45, 2.75) is 0 Å². The number of carbonyl (C=O) groups is 1. The molecular weight excluding hydrogens is 142 g/mol. The Balaban J connectivity index is 2.88. The molecule has 1 aliphatic heterocycles. The Hall–Kier alpha value is -0.810. The number of hydrogen-bond donors (Lipinski definition) is 2. The maximum absolute atomic E-state index is 10.1. The first-order chi connectivity index (χ1) is 4.15. The zero-order chi connectivity index (χ0) is 6.91. The lowest BCUT2D eigenvalue weighted by molar-refractivity contribution is 0.219. The van der Waals surface area contributed by atoms with Gasteiger partial charge in [-0.2, -0.15) is 0 Å². The minimum Gasteiger partial charge on any atom is -0.471 e. The number of rotatable bonds is 0. The molecule has 0 aromatic rings. The molecule has 0 aromatic heterocycles. The van der Waals surface area contributed by atoms with Gasteiger partial charge in [0.15, 0.2) is 0 Å². The zero-order valence-electron chi connectivity index (χ0n) is 4.39. The van der Waals surface area contributed by atoms with Gasteiger partial charge >= 0.3 is 5.30 Å². The molecule has 0 aliphatic carbocycles. The van der Waals surface area contributed by atoms with E-state index in [9.17, 15) is 4.79 Å². The summed E-state index contributed by atoms with van der Waals surface area (Å²) in [7, 11) is -2.81. The molecule has 0 saturated heterocycles. The Morgan fingerprint density at radius 3 is 2.56 bits per heavy atom. The van der Waals surface area contributed by atoms with E-state index >= 15 is 0 Å². The van der Waals surface area contributed by atoms with Gasteiger partial charge in [-0.05, 0) is 6.08 Å². The highest BCUT2D eigenvalue weighted by atomic mass is 32.3. The van der Waals surface area contributed by atoms with Crippen molar-refractivity contribution in [1.29, 1.82) is 0 Å². The van der Waals surface area contributed by atoms with Crippen LogP contribution in [0.25, 0.3) is 0 Å². The fourth-order valence-corrected chi connectivity index (χ4v) is 1.23. The molecule has 0 bridgehead atoms. The first-order valence-electron chi connectivity index (χ1n) is 2.16. The van der Waals surface area contributed by atoms with E-state index in [1.807, 2.05) is 0 Å². The molecule has 1 heterocycles. The fraction of sp³-hybridized carbons (Fsp3) is 0. The van der Waals surface area contributed by atoms with E-state index in [1.54, 1.807) is 0 Å². The van der Waals surface area contributed by atoms with Crippen molar-refractivity contribution in [2.24, 2.45) is 4.40 Å². The standard InChI is InChI=1S/C4H5NO3S/c6-4(7)9(8)3-1-2-5-9/h1-3,8H,(H,6,7). The van der Waals surface area contributed by atoms with E-state index in [0.29, 0.717) is 0 Å². The van der Waals surface area contributed by atoms with Crippen molar-refractivity contribution in [2.75, 3.05) is 0 Å². The molecule has 1 aliphatic rings. The lowest BCUT2D eigenvalue weighted by Crippen LogP contribution is -2.00. The maximum atomic E-state index is 10.1. The van der Waals surface area contributed by atoms with Crippen LogP contribution < -0.4 is 0 Å². The van der Waals surface area contributed by atoms with Crippen LogP contribution in [0, 0.1) is 0 Å². The van der Waals surface area contributed by atoms with E-state index in [0.717, 1.165) is 0 Å². The summed E-state index contributed by atoms with van der Waals surface area (Å²) in [4.78, 5) is 10.1. The van der Waals surface area contributed by atoms with Crippen molar-refractivity contribution in [3.05, 3.63) is 11.5 Å². The van der Waals surface area contributed by atoms with Crippen molar-refractivity contribution in [1.82, 2.24) is 0 Å². The summed E-state index contributed by atoms with van der Waals surface area (Å²) in [6, 6.07) is 0. The number of allylic oxidation sites excluding steroid dienone is 1. The van der Waals surface area contributed by atoms with Gasteiger partial charge in [-0.15, -0.1) is 0 Å². The first-order valence-corrected chi connectivity index (χ1v) is 3.77. The molecule has 4 nitrogen and oxygen atoms in total. The zero-order valence-corrected chi connectivity index (χ0v) is 5.21. The predicted molar refractivity (Wildman–Crippen MR) is 35.9 cm³/mol. The van der Waals surface area contributed by atoms with Crippen molar-refractivity contribution in [3.8, 4) is 0 Å². The molecule has 0 saturated carbocycles. The van der Waals surface area contributed by atoms with E-state index in [-0.39, 0.29) is 0 Å². The van der Waals surface area contributed by atoms with Crippen LogP contribution in [0.3, 0.4) is 0 Å². The summed E-state index contributed by atoms with van der Waals surface area (Å²) < 4.78 is 12.3. The Labute approximate surface area is 53.2 Å². The summed E-state index contributed by atoms with van der Waals surface area (Å²) in [5.41, 5.74) is 0. The lowest BCUT2D eigenvalue weighted by Gasteiger charge is -2.14. The molecule has 50 valence electrons. The summed E-state index contributed by atoms with van der Waals surface area (Å²) in [5, 5.41) is 8.21. The van der Waals surface area contributed by atoms with Gasteiger partial charge in [0.1, 0.15) is 0 Å². The van der Waals surface area contributed by atoms with Crippen LogP contribution in [-0.4, -0.2) is 21.2 Å². The molecular formula is C4H5NO3S. The third-order valence-corrected chi connectivity index (χ3v) is 2.33. The van der Waals surface area contributed by atoms with Crippen LogP contribution in [-0.2, 0) is 0 Å². The van der Waals surface area contributed by atoms with Crippen LogP contribution in [0.1, 0.15) is 0 Å².